The molecule has 0 aromatic carbocycles. The fraction of sp³-hybridized carbons (Fsp3) is 0.500. The summed E-state index contributed by atoms with van der Waals surface area (Å²) in [7, 11) is 1.66. The molecule has 4 heteroatoms. The number of aliphatic hydroxyl groups is 1. The van der Waals surface area contributed by atoms with Crippen LogP contribution in [0.4, 0.5) is 4.39 Å². The highest BCUT2D eigenvalue weighted by atomic mass is 19.1. The van der Waals surface area contributed by atoms with Gasteiger partial charge in [-0.05, 0) is 6.07 Å². The summed E-state index contributed by atoms with van der Waals surface area (Å²) in [5.41, 5.74) is 0.502. The fourth-order valence-corrected chi connectivity index (χ4v) is 0.790. The smallest absolute Gasteiger partial charge is 0.124 e. The molecule has 1 rings (SSSR count). The Kier molecular flexibility index (Phi) is 2.01. The van der Waals surface area contributed by atoms with E-state index in [9.17, 15) is 4.39 Å². The zero-order chi connectivity index (χ0) is 7.56. The van der Waals surface area contributed by atoms with E-state index in [1.165, 1.54) is 10.9 Å². The van der Waals surface area contributed by atoms with Gasteiger partial charge in [0, 0.05) is 13.2 Å². The van der Waals surface area contributed by atoms with Gasteiger partial charge in [-0.25, -0.2) is 4.39 Å². The summed E-state index contributed by atoms with van der Waals surface area (Å²) in [6, 6.07) is 1.59. The number of halogens is 1. The Morgan fingerprint density at radius 2 is 2.60 bits per heavy atom. The van der Waals surface area contributed by atoms with E-state index in [4.69, 9.17) is 5.11 Å². The molecule has 0 saturated heterocycles. The summed E-state index contributed by atoms with van der Waals surface area (Å²) in [4.78, 5) is 0. The highest BCUT2D eigenvalue weighted by molar-refractivity contribution is 5.03. The third-order valence-electron chi connectivity index (χ3n) is 1.35. The molecule has 56 valence electrons. The average molecular weight is 144 g/mol. The summed E-state index contributed by atoms with van der Waals surface area (Å²) >= 11 is 0. The quantitative estimate of drug-likeness (QED) is 0.653. The maximum absolute atomic E-state index is 11.8. The number of aromatic nitrogens is 2. The number of aliphatic hydroxyl groups excluding tert-OH is 1. The van der Waals surface area contributed by atoms with Gasteiger partial charge >= 0.3 is 0 Å². The van der Waals surface area contributed by atoms with Crippen LogP contribution in [0.15, 0.2) is 12.3 Å². The molecule has 0 saturated carbocycles. The molecule has 0 aliphatic rings. The molecule has 0 bridgehead atoms. The summed E-state index contributed by atoms with van der Waals surface area (Å²) in [5, 5.41) is 12.7. The second-order valence-electron chi connectivity index (χ2n) is 2.05. The van der Waals surface area contributed by atoms with Crippen molar-refractivity contribution in [2.45, 2.75) is 6.10 Å². The summed E-state index contributed by atoms with van der Waals surface area (Å²) in [5.74, 6) is 0. The van der Waals surface area contributed by atoms with E-state index in [2.05, 4.69) is 5.10 Å². The van der Waals surface area contributed by atoms with Crippen LogP contribution in [0.1, 0.15) is 11.8 Å². The zero-order valence-corrected chi connectivity index (χ0v) is 5.66. The van der Waals surface area contributed by atoms with E-state index >= 15 is 0 Å². The third-order valence-corrected chi connectivity index (χ3v) is 1.35. The van der Waals surface area contributed by atoms with Crippen molar-refractivity contribution in [3.63, 3.8) is 0 Å². The fourth-order valence-electron chi connectivity index (χ4n) is 0.790. The molecule has 1 unspecified atom stereocenters. The first-order valence-corrected chi connectivity index (χ1v) is 2.97. The van der Waals surface area contributed by atoms with Crippen LogP contribution in [0.2, 0.25) is 0 Å². The molecule has 0 amide bonds. The zero-order valence-electron chi connectivity index (χ0n) is 5.66. The van der Waals surface area contributed by atoms with Crippen LogP contribution in [0.3, 0.4) is 0 Å². The molecule has 1 aromatic heterocycles. The first-order chi connectivity index (χ1) is 4.75. The first kappa shape index (κ1) is 7.21. The van der Waals surface area contributed by atoms with Gasteiger partial charge in [0.2, 0.25) is 0 Å². The van der Waals surface area contributed by atoms with Crippen molar-refractivity contribution in [2.24, 2.45) is 7.05 Å². The van der Waals surface area contributed by atoms with Crippen LogP contribution in [0.25, 0.3) is 0 Å². The molecule has 0 fully saturated rings. The second kappa shape index (κ2) is 2.79. The van der Waals surface area contributed by atoms with Gasteiger partial charge in [-0.15, -0.1) is 0 Å². The highest BCUT2D eigenvalue weighted by Crippen LogP contribution is 2.10. The molecular weight excluding hydrogens is 135 g/mol. The van der Waals surface area contributed by atoms with Crippen LogP contribution in [-0.4, -0.2) is 21.6 Å². The van der Waals surface area contributed by atoms with Gasteiger partial charge in [-0.2, -0.15) is 5.10 Å². The molecule has 1 atom stereocenters. The minimum Gasteiger partial charge on any atom is -0.384 e. The number of alkyl halides is 1. The molecular formula is C6H9FN2O. The number of hydrogen-bond acceptors (Lipinski definition) is 2. The topological polar surface area (TPSA) is 38.0 Å². The second-order valence-corrected chi connectivity index (χ2v) is 2.05. The standard InChI is InChI=1S/C6H9FN2O/c1-9-5(2-3-8-9)6(10)4-7/h2-3,6,10H,4H2,1H3. The van der Waals surface area contributed by atoms with Crippen LogP contribution in [-0.2, 0) is 7.05 Å². The van der Waals surface area contributed by atoms with Crippen molar-refractivity contribution < 1.29 is 9.50 Å². The molecule has 0 radical (unpaired) electrons. The Hall–Kier alpha value is -0.900. The molecule has 10 heavy (non-hydrogen) atoms. The minimum atomic E-state index is -1.03. The first-order valence-electron chi connectivity index (χ1n) is 2.97. The Morgan fingerprint density at radius 1 is 1.90 bits per heavy atom. The Balaban J connectivity index is 2.82. The number of rotatable bonds is 2. The van der Waals surface area contributed by atoms with Gasteiger partial charge in [0.25, 0.3) is 0 Å². The lowest BCUT2D eigenvalue weighted by molar-refractivity contribution is 0.133. The Labute approximate surface area is 58.1 Å². The van der Waals surface area contributed by atoms with E-state index in [0.29, 0.717) is 5.69 Å². The Bertz CT molecular complexity index is 211. The van der Waals surface area contributed by atoms with Gasteiger partial charge in [0.1, 0.15) is 12.8 Å². The molecule has 3 nitrogen and oxygen atoms in total. The maximum atomic E-state index is 11.8. The lowest BCUT2D eigenvalue weighted by atomic mass is 10.3. The van der Waals surface area contributed by atoms with Crippen LogP contribution in [0.5, 0.6) is 0 Å². The van der Waals surface area contributed by atoms with Crippen molar-refractivity contribution in [2.75, 3.05) is 6.67 Å². The Morgan fingerprint density at radius 3 is 3.00 bits per heavy atom. The molecule has 1 N–H and O–H groups in total. The molecule has 1 aromatic rings. The lowest BCUT2D eigenvalue weighted by Gasteiger charge is -2.04. The maximum Gasteiger partial charge on any atom is 0.124 e. The van der Waals surface area contributed by atoms with E-state index in [1.807, 2.05) is 0 Å². The predicted molar refractivity (Wildman–Crippen MR) is 34.1 cm³/mol. The molecule has 0 aliphatic heterocycles. The van der Waals surface area contributed by atoms with E-state index in [0.717, 1.165) is 0 Å². The molecule has 1 heterocycles. The highest BCUT2D eigenvalue weighted by Gasteiger charge is 2.09. The van der Waals surface area contributed by atoms with E-state index in [1.54, 1.807) is 13.1 Å². The number of hydrogen-bond donors (Lipinski definition) is 1. The van der Waals surface area contributed by atoms with Crippen LogP contribution < -0.4 is 0 Å². The summed E-state index contributed by atoms with van der Waals surface area (Å²) < 4.78 is 13.3. The van der Waals surface area contributed by atoms with Gasteiger partial charge < -0.3 is 5.11 Å². The molecule has 0 spiro atoms. The third kappa shape index (κ3) is 1.16. The van der Waals surface area contributed by atoms with Crippen molar-refractivity contribution in [3.05, 3.63) is 18.0 Å². The minimum absolute atomic E-state index is 0.502. The predicted octanol–water partition coefficient (Wildman–Crippen LogP) is 0.423. The van der Waals surface area contributed by atoms with Crippen molar-refractivity contribution >= 4 is 0 Å². The summed E-state index contributed by atoms with van der Waals surface area (Å²) in [6.45, 7) is -0.764. The van der Waals surface area contributed by atoms with Crippen LogP contribution >= 0.6 is 0 Å². The van der Waals surface area contributed by atoms with E-state index in [-0.39, 0.29) is 0 Å². The van der Waals surface area contributed by atoms with Gasteiger partial charge in [0.05, 0.1) is 5.69 Å². The van der Waals surface area contributed by atoms with Crippen LogP contribution in [0, 0.1) is 0 Å². The monoisotopic (exact) mass is 144 g/mol. The van der Waals surface area contributed by atoms with Crippen molar-refractivity contribution in [1.82, 2.24) is 9.78 Å². The van der Waals surface area contributed by atoms with E-state index < -0.39 is 12.8 Å². The number of aryl methyl sites for hydroxylation is 1. The van der Waals surface area contributed by atoms with Crippen molar-refractivity contribution in [1.29, 1.82) is 0 Å². The average Bonchev–Trinajstić information content (AvgIpc) is 2.34. The molecule has 0 aliphatic carbocycles. The SMILES string of the molecule is Cn1nccc1C(O)CF. The van der Waals surface area contributed by atoms with Gasteiger partial charge in [-0.3, -0.25) is 4.68 Å². The van der Waals surface area contributed by atoms with Gasteiger partial charge in [-0.1, -0.05) is 0 Å². The summed E-state index contributed by atoms with van der Waals surface area (Å²) in [6.07, 6.45) is 0.487. The number of nitrogens with zero attached hydrogens (tertiary/aromatic N) is 2. The normalized spacial score (nSPS) is 13.5. The largest absolute Gasteiger partial charge is 0.384 e. The lowest BCUT2D eigenvalue weighted by Crippen LogP contribution is -2.06. The van der Waals surface area contributed by atoms with Gasteiger partial charge in [0.15, 0.2) is 0 Å². The van der Waals surface area contributed by atoms with Crippen molar-refractivity contribution in [3.8, 4) is 0 Å².